The average Bonchev–Trinajstić information content (AvgIpc) is 2.91. The lowest BCUT2D eigenvalue weighted by Gasteiger charge is -2.23. The Hall–Kier alpha value is -0.530. The molecule has 0 saturated heterocycles. The molecule has 1 aliphatic carbocycles. The fourth-order valence-electron chi connectivity index (χ4n) is 2.84. The highest BCUT2D eigenvalue weighted by atomic mass is 127. The van der Waals surface area contributed by atoms with Crippen LogP contribution in [0, 0.1) is 5.92 Å². The van der Waals surface area contributed by atoms with E-state index in [0.717, 1.165) is 43.3 Å². The Morgan fingerprint density at radius 1 is 1.35 bits per heavy atom. The summed E-state index contributed by atoms with van der Waals surface area (Å²) in [4.78, 5) is 6.81. The van der Waals surface area contributed by atoms with Crippen LogP contribution < -0.4 is 5.32 Å². The Labute approximate surface area is 161 Å². The van der Waals surface area contributed by atoms with Gasteiger partial charge in [-0.3, -0.25) is 4.99 Å². The second-order valence-corrected chi connectivity index (χ2v) is 6.37. The topological polar surface area (TPSA) is 47.9 Å². The van der Waals surface area contributed by atoms with Crippen LogP contribution in [0.5, 0.6) is 0 Å². The zero-order chi connectivity index (χ0) is 15.9. The molecule has 130 valence electrons. The molecule has 1 aromatic carbocycles. The monoisotopic (exact) mass is 451 g/mol. The van der Waals surface area contributed by atoms with E-state index < -0.39 is 0 Å². The van der Waals surface area contributed by atoms with Crippen molar-refractivity contribution >= 4 is 41.5 Å². The van der Waals surface area contributed by atoms with E-state index >= 15 is 0 Å². The van der Waals surface area contributed by atoms with Gasteiger partial charge in [-0.1, -0.05) is 30.2 Å². The highest BCUT2D eigenvalue weighted by Gasteiger charge is 2.24. The minimum atomic E-state index is -0.187. The first kappa shape index (κ1) is 20.5. The van der Waals surface area contributed by atoms with E-state index in [1.165, 1.54) is 5.56 Å². The molecule has 0 spiro atoms. The number of aliphatic imine (C=N–C) groups is 1. The number of hydrogen-bond acceptors (Lipinski definition) is 2. The lowest BCUT2D eigenvalue weighted by molar-refractivity contribution is 0.136. The van der Waals surface area contributed by atoms with Gasteiger partial charge in [-0.05, 0) is 37.5 Å². The van der Waals surface area contributed by atoms with Crippen molar-refractivity contribution in [1.82, 2.24) is 10.2 Å². The first-order valence-electron chi connectivity index (χ1n) is 8.02. The number of nitrogens with one attached hydrogen (secondary N) is 1. The third-order valence-electron chi connectivity index (χ3n) is 4.12. The van der Waals surface area contributed by atoms with E-state index in [9.17, 15) is 5.11 Å². The Kier molecular flexibility index (Phi) is 9.24. The predicted octanol–water partition coefficient (Wildman–Crippen LogP) is 3.52. The highest BCUT2D eigenvalue weighted by molar-refractivity contribution is 14.0. The number of rotatable bonds is 5. The number of nitrogens with zero attached hydrogens (tertiary/aromatic N) is 2. The van der Waals surface area contributed by atoms with Crippen LogP contribution in [-0.4, -0.2) is 42.2 Å². The fraction of sp³-hybridized carbons (Fsp3) is 0.588. The first-order valence-corrected chi connectivity index (χ1v) is 8.40. The van der Waals surface area contributed by atoms with Crippen LogP contribution in [0.2, 0.25) is 5.02 Å². The normalized spacial score (nSPS) is 21.0. The van der Waals surface area contributed by atoms with Crippen LogP contribution in [0.3, 0.4) is 0 Å². The van der Waals surface area contributed by atoms with Gasteiger partial charge in [0.2, 0.25) is 0 Å². The molecule has 0 amide bonds. The molecule has 0 aliphatic heterocycles. The molecule has 2 rings (SSSR count). The van der Waals surface area contributed by atoms with E-state index in [-0.39, 0.29) is 30.1 Å². The van der Waals surface area contributed by atoms with E-state index in [1.54, 1.807) is 0 Å². The second-order valence-electron chi connectivity index (χ2n) is 5.94. The quantitative estimate of drug-likeness (QED) is 0.409. The van der Waals surface area contributed by atoms with Gasteiger partial charge in [-0.15, -0.1) is 24.0 Å². The summed E-state index contributed by atoms with van der Waals surface area (Å²) < 4.78 is 0. The molecule has 1 aromatic rings. The molecule has 0 bridgehead atoms. The zero-order valence-electron chi connectivity index (χ0n) is 13.8. The fourth-order valence-corrected chi connectivity index (χ4v) is 2.97. The number of aliphatic hydroxyl groups is 1. The molecule has 0 heterocycles. The van der Waals surface area contributed by atoms with E-state index in [0.29, 0.717) is 12.5 Å². The number of hydrogen-bond donors (Lipinski definition) is 2. The van der Waals surface area contributed by atoms with Crippen molar-refractivity contribution < 1.29 is 5.11 Å². The van der Waals surface area contributed by atoms with Gasteiger partial charge in [0.1, 0.15) is 0 Å². The standard InChI is InChI=1S/C17H26ClN3O.HI/c1-3-19-17(20-11-14-5-4-6-16(14)22)21(2)12-13-7-9-15(18)10-8-13;/h7-10,14,16,22H,3-6,11-12H2,1-2H3,(H,19,20);1H. The molecule has 2 N–H and O–H groups in total. The zero-order valence-corrected chi connectivity index (χ0v) is 16.9. The molecule has 1 saturated carbocycles. The maximum absolute atomic E-state index is 9.92. The lowest BCUT2D eigenvalue weighted by Crippen LogP contribution is -2.39. The van der Waals surface area contributed by atoms with E-state index in [1.807, 2.05) is 31.3 Å². The Morgan fingerprint density at radius 3 is 2.61 bits per heavy atom. The molecule has 2 atom stereocenters. The summed E-state index contributed by atoms with van der Waals surface area (Å²) in [5, 5.41) is 14.0. The molecule has 0 radical (unpaired) electrons. The van der Waals surface area contributed by atoms with Gasteiger partial charge in [0.15, 0.2) is 5.96 Å². The van der Waals surface area contributed by atoms with Gasteiger partial charge < -0.3 is 15.3 Å². The summed E-state index contributed by atoms with van der Waals surface area (Å²) in [5.74, 6) is 1.19. The van der Waals surface area contributed by atoms with Crippen LogP contribution in [0.1, 0.15) is 31.7 Å². The van der Waals surface area contributed by atoms with E-state index in [2.05, 4.69) is 17.1 Å². The van der Waals surface area contributed by atoms with Crippen molar-refractivity contribution in [1.29, 1.82) is 0 Å². The van der Waals surface area contributed by atoms with Crippen molar-refractivity contribution in [2.45, 2.75) is 38.8 Å². The average molecular weight is 452 g/mol. The highest BCUT2D eigenvalue weighted by Crippen LogP contribution is 2.25. The summed E-state index contributed by atoms with van der Waals surface area (Å²) in [5.41, 5.74) is 1.19. The molecule has 2 unspecified atom stereocenters. The maximum Gasteiger partial charge on any atom is 0.193 e. The van der Waals surface area contributed by atoms with Crippen molar-refractivity contribution in [2.24, 2.45) is 10.9 Å². The lowest BCUT2D eigenvalue weighted by atomic mass is 10.1. The van der Waals surface area contributed by atoms with Crippen molar-refractivity contribution in [3.05, 3.63) is 34.9 Å². The van der Waals surface area contributed by atoms with Gasteiger partial charge in [0, 0.05) is 37.6 Å². The number of benzene rings is 1. The minimum Gasteiger partial charge on any atom is -0.393 e. The van der Waals surface area contributed by atoms with Crippen molar-refractivity contribution in [2.75, 3.05) is 20.1 Å². The Balaban J connectivity index is 0.00000264. The molecule has 1 fully saturated rings. The summed E-state index contributed by atoms with van der Waals surface area (Å²) in [7, 11) is 2.03. The molecular weight excluding hydrogens is 425 g/mol. The summed E-state index contributed by atoms with van der Waals surface area (Å²) in [6, 6.07) is 7.87. The van der Waals surface area contributed by atoms with Gasteiger partial charge in [0.25, 0.3) is 0 Å². The van der Waals surface area contributed by atoms with Crippen molar-refractivity contribution in [3.8, 4) is 0 Å². The van der Waals surface area contributed by atoms with Crippen molar-refractivity contribution in [3.63, 3.8) is 0 Å². The molecule has 1 aliphatic rings. The largest absolute Gasteiger partial charge is 0.393 e. The van der Waals surface area contributed by atoms with Crippen LogP contribution in [0.15, 0.2) is 29.3 Å². The predicted molar refractivity (Wildman–Crippen MR) is 108 cm³/mol. The Morgan fingerprint density at radius 2 is 2.04 bits per heavy atom. The number of halogens is 2. The van der Waals surface area contributed by atoms with Crippen LogP contribution in [0.25, 0.3) is 0 Å². The molecule has 23 heavy (non-hydrogen) atoms. The SMILES string of the molecule is CCNC(=NCC1CCCC1O)N(C)Cc1ccc(Cl)cc1.I. The summed E-state index contributed by atoms with van der Waals surface area (Å²) in [6.07, 6.45) is 2.91. The smallest absolute Gasteiger partial charge is 0.193 e. The van der Waals surface area contributed by atoms with Crippen LogP contribution in [0.4, 0.5) is 0 Å². The molecule has 6 heteroatoms. The second kappa shape index (κ2) is 10.4. The van der Waals surface area contributed by atoms with Crippen LogP contribution >= 0.6 is 35.6 Å². The molecule has 0 aromatic heterocycles. The molecule has 4 nitrogen and oxygen atoms in total. The summed E-state index contributed by atoms with van der Waals surface area (Å²) in [6.45, 7) is 4.36. The van der Waals surface area contributed by atoms with Crippen LogP contribution in [-0.2, 0) is 6.54 Å². The number of aliphatic hydroxyl groups excluding tert-OH is 1. The molecular formula is C17H27ClIN3O. The van der Waals surface area contributed by atoms with E-state index in [4.69, 9.17) is 16.6 Å². The first-order chi connectivity index (χ1) is 10.6. The maximum atomic E-state index is 9.92. The third-order valence-corrected chi connectivity index (χ3v) is 4.38. The minimum absolute atomic E-state index is 0. The van der Waals surface area contributed by atoms with Gasteiger partial charge in [-0.25, -0.2) is 0 Å². The summed E-state index contributed by atoms with van der Waals surface area (Å²) >= 11 is 5.92. The van der Waals surface area contributed by atoms with Gasteiger partial charge in [-0.2, -0.15) is 0 Å². The Bertz CT molecular complexity index is 495. The van der Waals surface area contributed by atoms with Gasteiger partial charge >= 0.3 is 0 Å². The number of guanidine groups is 1. The van der Waals surface area contributed by atoms with Gasteiger partial charge in [0.05, 0.1) is 6.10 Å². The third kappa shape index (κ3) is 6.47.